The van der Waals surface area contributed by atoms with Crippen molar-refractivity contribution in [3.63, 3.8) is 0 Å². The summed E-state index contributed by atoms with van der Waals surface area (Å²) in [7, 11) is -4.77. The van der Waals surface area contributed by atoms with E-state index in [-0.39, 0.29) is 25.9 Å². The Balaban J connectivity index is 4.80. The number of unbranched alkanes of at least 4 members (excludes halogenated alkanes) is 21. The average molecular weight is 1030 g/mol. The topological polar surface area (TPSA) is 155 Å². The molecule has 0 fully saturated rings. The molecule has 0 radical (unpaired) electrons. The zero-order valence-electron chi connectivity index (χ0n) is 45.6. The SMILES string of the molecule is CC/C=C\C/C=C\C/C=C\C/C=C\CCC(=O)OC(CO)COP(=O)(O)OCC(COC(=O)CCCCCCCCCCCCCCC)OC(=O)CCCCCCCC/C=C\C/C=C\C/C=C\CCCCC. The summed E-state index contributed by atoms with van der Waals surface area (Å²) >= 11 is 0. The first-order valence-corrected chi connectivity index (χ1v) is 30.0. The summed E-state index contributed by atoms with van der Waals surface area (Å²) in [4.78, 5) is 48.4. The lowest BCUT2D eigenvalue weighted by molar-refractivity contribution is -0.161. The zero-order valence-corrected chi connectivity index (χ0v) is 46.5. The second-order valence-corrected chi connectivity index (χ2v) is 20.2. The molecule has 2 N–H and O–H groups in total. The smallest absolute Gasteiger partial charge is 0.462 e. The van der Waals surface area contributed by atoms with Crippen molar-refractivity contribution in [3.8, 4) is 0 Å². The van der Waals surface area contributed by atoms with Gasteiger partial charge in [0.15, 0.2) is 6.10 Å². The largest absolute Gasteiger partial charge is 0.472 e. The van der Waals surface area contributed by atoms with Crippen molar-refractivity contribution in [2.75, 3.05) is 26.4 Å². The van der Waals surface area contributed by atoms with Gasteiger partial charge in [0, 0.05) is 19.3 Å². The van der Waals surface area contributed by atoms with Crippen molar-refractivity contribution >= 4 is 25.7 Å². The summed E-state index contributed by atoms with van der Waals surface area (Å²) in [6, 6.07) is 0. The Morgan fingerprint density at radius 1 is 0.403 bits per heavy atom. The molecule has 0 saturated heterocycles. The van der Waals surface area contributed by atoms with Crippen LogP contribution in [-0.2, 0) is 42.2 Å². The Labute approximate surface area is 439 Å². The van der Waals surface area contributed by atoms with Crippen LogP contribution in [0.2, 0.25) is 0 Å². The number of carbonyl (C=O) groups excluding carboxylic acids is 3. The van der Waals surface area contributed by atoms with E-state index in [0.29, 0.717) is 19.3 Å². The van der Waals surface area contributed by atoms with Crippen molar-refractivity contribution < 1.29 is 52.2 Å². The Morgan fingerprint density at radius 2 is 0.750 bits per heavy atom. The van der Waals surface area contributed by atoms with Gasteiger partial charge in [0.25, 0.3) is 0 Å². The third kappa shape index (κ3) is 51.6. The van der Waals surface area contributed by atoms with Crippen LogP contribution in [0.3, 0.4) is 0 Å². The van der Waals surface area contributed by atoms with Gasteiger partial charge in [-0.05, 0) is 83.5 Å². The van der Waals surface area contributed by atoms with Crippen LogP contribution in [0.5, 0.6) is 0 Å². The van der Waals surface area contributed by atoms with Gasteiger partial charge in [0.05, 0.1) is 19.8 Å². The summed E-state index contributed by atoms with van der Waals surface area (Å²) in [6.45, 7) is 4.41. The lowest BCUT2D eigenvalue weighted by Gasteiger charge is -2.21. The van der Waals surface area contributed by atoms with Crippen molar-refractivity contribution in [2.45, 2.75) is 251 Å². The third-order valence-corrected chi connectivity index (χ3v) is 12.8. The number of hydrogen-bond donors (Lipinski definition) is 2. The molecule has 0 amide bonds. The molecule has 3 unspecified atom stereocenters. The number of phosphoric ester groups is 1. The van der Waals surface area contributed by atoms with Crippen LogP contribution in [0.1, 0.15) is 239 Å². The molecule has 11 nitrogen and oxygen atoms in total. The van der Waals surface area contributed by atoms with Crippen LogP contribution in [0.4, 0.5) is 0 Å². The molecule has 0 saturated carbocycles. The van der Waals surface area contributed by atoms with Crippen LogP contribution in [0, 0.1) is 0 Å². The fraction of sp³-hybridized carbons (Fsp3) is 0.717. The standard InChI is InChI=1S/C60H103O11P/c1-4-7-10-13-16-19-22-25-26-27-28-29-30-33-36-39-42-45-48-51-60(64)71-57(53-67-58(62)49-46-43-40-37-34-31-23-20-17-14-11-8-5-2)55-69-72(65,66)68-54-56(52-61)70-59(63)50-47-44-41-38-35-32-24-21-18-15-12-9-6-3/h9,12,16,18-19,21,25-26,28-29,32,35,41,44,56-57,61H,4-8,10-11,13-15,17,20,22-24,27,30-31,33-34,36-40,42-43,45-55H2,1-3H3,(H,65,66)/b12-9-,19-16-,21-18-,26-25-,29-28-,35-32-,44-41-. The molecule has 12 heteroatoms. The number of aliphatic hydroxyl groups excluding tert-OH is 1. The molecule has 0 aromatic rings. The average Bonchev–Trinajstić information content (AvgIpc) is 3.37. The minimum atomic E-state index is -4.77. The Bertz CT molecular complexity index is 1530. The quantitative estimate of drug-likeness (QED) is 0.0197. The lowest BCUT2D eigenvalue weighted by Crippen LogP contribution is -2.30. The van der Waals surface area contributed by atoms with Crippen LogP contribution in [-0.4, -0.2) is 66.5 Å². The van der Waals surface area contributed by atoms with Gasteiger partial charge in [-0.15, -0.1) is 0 Å². The molecule has 0 aliphatic rings. The van der Waals surface area contributed by atoms with E-state index in [1.54, 1.807) is 0 Å². The predicted molar refractivity (Wildman–Crippen MR) is 298 cm³/mol. The zero-order chi connectivity index (χ0) is 52.7. The fourth-order valence-corrected chi connectivity index (χ4v) is 8.28. The highest BCUT2D eigenvalue weighted by Crippen LogP contribution is 2.43. The molecule has 0 aliphatic heterocycles. The van der Waals surface area contributed by atoms with E-state index in [0.717, 1.165) is 96.3 Å². The number of hydrogen-bond acceptors (Lipinski definition) is 10. The maximum absolute atomic E-state index is 12.9. The van der Waals surface area contributed by atoms with E-state index < -0.39 is 57.8 Å². The van der Waals surface area contributed by atoms with E-state index in [1.165, 1.54) is 83.5 Å². The lowest BCUT2D eigenvalue weighted by atomic mass is 10.0. The van der Waals surface area contributed by atoms with Gasteiger partial charge in [0.2, 0.25) is 0 Å². The first kappa shape index (κ1) is 68.7. The third-order valence-electron chi connectivity index (χ3n) is 11.8. The van der Waals surface area contributed by atoms with Gasteiger partial charge in [-0.3, -0.25) is 23.4 Å². The van der Waals surface area contributed by atoms with Crippen LogP contribution < -0.4 is 0 Å². The molecular weight excluding hydrogens is 928 g/mol. The number of ether oxygens (including phenoxy) is 3. The van der Waals surface area contributed by atoms with Crippen molar-refractivity contribution in [1.82, 2.24) is 0 Å². The van der Waals surface area contributed by atoms with E-state index in [4.69, 9.17) is 23.3 Å². The van der Waals surface area contributed by atoms with Crippen LogP contribution in [0.15, 0.2) is 85.1 Å². The van der Waals surface area contributed by atoms with E-state index in [1.807, 2.05) is 12.2 Å². The number of carbonyl (C=O) groups is 3. The van der Waals surface area contributed by atoms with E-state index >= 15 is 0 Å². The van der Waals surface area contributed by atoms with Crippen molar-refractivity contribution in [2.24, 2.45) is 0 Å². The second-order valence-electron chi connectivity index (χ2n) is 18.7. The maximum Gasteiger partial charge on any atom is 0.472 e. The van der Waals surface area contributed by atoms with Crippen molar-refractivity contribution in [3.05, 3.63) is 85.1 Å². The summed E-state index contributed by atoms with van der Waals surface area (Å²) in [5.74, 6) is -1.56. The number of aliphatic hydroxyl groups is 1. The molecule has 0 heterocycles. The van der Waals surface area contributed by atoms with Gasteiger partial charge in [-0.25, -0.2) is 4.57 Å². The summed E-state index contributed by atoms with van der Waals surface area (Å²) in [5.41, 5.74) is 0. The Morgan fingerprint density at radius 3 is 1.22 bits per heavy atom. The van der Waals surface area contributed by atoms with E-state index in [9.17, 15) is 28.9 Å². The predicted octanol–water partition coefficient (Wildman–Crippen LogP) is 16.7. The minimum Gasteiger partial charge on any atom is -0.462 e. The highest BCUT2D eigenvalue weighted by Gasteiger charge is 2.28. The minimum absolute atomic E-state index is 0.0531. The Kier molecular flexibility index (Phi) is 51.4. The molecule has 0 spiro atoms. The number of rotatable bonds is 52. The second kappa shape index (κ2) is 53.9. The molecule has 0 aromatic carbocycles. The number of allylic oxidation sites excluding steroid dienone is 14. The summed E-state index contributed by atoms with van der Waals surface area (Å²) in [5, 5.41) is 9.78. The maximum atomic E-state index is 12.9. The number of esters is 3. The normalized spacial score (nSPS) is 14.0. The highest BCUT2D eigenvalue weighted by molar-refractivity contribution is 7.47. The van der Waals surface area contributed by atoms with Crippen LogP contribution in [0.25, 0.3) is 0 Å². The first-order valence-electron chi connectivity index (χ1n) is 28.5. The first-order chi connectivity index (χ1) is 35.2. The molecular formula is C60H103O11P. The molecule has 0 aliphatic carbocycles. The van der Waals surface area contributed by atoms with Gasteiger partial charge >= 0.3 is 25.7 Å². The molecule has 0 rings (SSSR count). The number of phosphoric acid groups is 1. The van der Waals surface area contributed by atoms with Gasteiger partial charge < -0.3 is 24.2 Å². The van der Waals surface area contributed by atoms with Gasteiger partial charge in [-0.2, -0.15) is 0 Å². The molecule has 72 heavy (non-hydrogen) atoms. The van der Waals surface area contributed by atoms with Crippen LogP contribution >= 0.6 is 7.82 Å². The molecule has 0 bridgehead atoms. The highest BCUT2D eigenvalue weighted by atomic mass is 31.2. The van der Waals surface area contributed by atoms with Gasteiger partial charge in [0.1, 0.15) is 12.7 Å². The molecule has 0 aromatic heterocycles. The van der Waals surface area contributed by atoms with Gasteiger partial charge in [-0.1, -0.05) is 221 Å². The Hall–Kier alpha value is -3.34. The van der Waals surface area contributed by atoms with Crippen molar-refractivity contribution in [1.29, 1.82) is 0 Å². The molecule has 414 valence electrons. The monoisotopic (exact) mass is 1030 g/mol. The summed E-state index contributed by atoms with van der Waals surface area (Å²) in [6.07, 6.45) is 61.3. The fourth-order valence-electron chi connectivity index (χ4n) is 7.49. The van der Waals surface area contributed by atoms with E-state index in [2.05, 4.69) is 93.7 Å². The summed E-state index contributed by atoms with van der Waals surface area (Å²) < 4.78 is 39.4. The molecule has 3 atom stereocenters.